The molecule has 0 saturated heterocycles. The molecular formula is C17H21N3O2. The largest absolute Gasteiger partial charge is 0.493 e. The van der Waals surface area contributed by atoms with Crippen molar-refractivity contribution in [1.29, 1.82) is 0 Å². The number of nitrogens with one attached hydrogen (secondary N) is 1. The maximum Gasteiger partial charge on any atom is 0.255 e. The normalized spacial score (nSPS) is 16.9. The summed E-state index contributed by atoms with van der Waals surface area (Å²) in [6.45, 7) is 2.46. The third-order valence-corrected chi connectivity index (χ3v) is 4.11. The topological polar surface area (TPSA) is 56.1 Å². The molecule has 22 heavy (non-hydrogen) atoms. The lowest BCUT2D eigenvalue weighted by atomic mass is 9.92. The van der Waals surface area contributed by atoms with Crippen LogP contribution in [0.1, 0.15) is 47.4 Å². The summed E-state index contributed by atoms with van der Waals surface area (Å²) in [5.41, 5.74) is 2.94. The van der Waals surface area contributed by atoms with Gasteiger partial charge in [0.25, 0.3) is 5.91 Å². The van der Waals surface area contributed by atoms with Gasteiger partial charge in [0.15, 0.2) is 0 Å². The predicted octanol–water partition coefficient (Wildman–Crippen LogP) is 2.63. The minimum atomic E-state index is -0.0919. The van der Waals surface area contributed by atoms with E-state index in [1.54, 1.807) is 6.07 Å². The predicted molar refractivity (Wildman–Crippen MR) is 84.0 cm³/mol. The van der Waals surface area contributed by atoms with E-state index in [0.717, 1.165) is 24.8 Å². The van der Waals surface area contributed by atoms with Crippen LogP contribution in [-0.4, -0.2) is 22.3 Å². The third kappa shape index (κ3) is 2.71. The van der Waals surface area contributed by atoms with E-state index in [2.05, 4.69) is 10.4 Å². The standard InChI is InChI=1S/C17H21N3O2/c1-3-22-16-10-5-4-7-12(16)17(21)19-14-8-6-9-15-13(14)11-18-20(15)2/h4-5,7,10-11,14H,3,6,8-9H2,1-2H3,(H,19,21)/t14-/m0/s1. The lowest BCUT2D eigenvalue weighted by molar-refractivity contribution is 0.0929. The fourth-order valence-electron chi connectivity index (χ4n) is 3.03. The molecule has 0 saturated carbocycles. The van der Waals surface area contributed by atoms with E-state index < -0.39 is 0 Å². The van der Waals surface area contributed by atoms with Gasteiger partial charge in [0.05, 0.1) is 24.4 Å². The van der Waals surface area contributed by atoms with Crippen molar-refractivity contribution in [2.24, 2.45) is 7.05 Å². The Kier molecular flexibility index (Phi) is 4.13. The highest BCUT2D eigenvalue weighted by Crippen LogP contribution is 2.30. The Balaban J connectivity index is 1.81. The highest BCUT2D eigenvalue weighted by molar-refractivity contribution is 5.97. The van der Waals surface area contributed by atoms with E-state index in [-0.39, 0.29) is 11.9 Å². The third-order valence-electron chi connectivity index (χ3n) is 4.11. The molecule has 2 aromatic rings. The average molecular weight is 299 g/mol. The lowest BCUT2D eigenvalue weighted by Gasteiger charge is -2.24. The SMILES string of the molecule is CCOc1ccccc1C(=O)N[C@H]1CCCc2c1cnn2C. The number of fused-ring (bicyclic) bond motifs is 1. The summed E-state index contributed by atoms with van der Waals surface area (Å²) < 4.78 is 7.45. The van der Waals surface area contributed by atoms with Crippen LogP contribution in [0.3, 0.4) is 0 Å². The molecule has 1 aromatic heterocycles. The first-order chi connectivity index (χ1) is 10.7. The smallest absolute Gasteiger partial charge is 0.255 e. The molecule has 0 unspecified atom stereocenters. The fourth-order valence-corrected chi connectivity index (χ4v) is 3.03. The summed E-state index contributed by atoms with van der Waals surface area (Å²) in [5.74, 6) is 0.537. The number of hydrogen-bond donors (Lipinski definition) is 1. The van der Waals surface area contributed by atoms with E-state index in [4.69, 9.17) is 4.74 Å². The summed E-state index contributed by atoms with van der Waals surface area (Å²) in [7, 11) is 1.95. The van der Waals surface area contributed by atoms with Gasteiger partial charge in [-0.2, -0.15) is 5.10 Å². The number of carbonyl (C=O) groups excluding carboxylic acids is 1. The van der Waals surface area contributed by atoms with E-state index in [9.17, 15) is 4.79 Å². The van der Waals surface area contributed by atoms with Crippen LogP contribution in [0.15, 0.2) is 30.5 Å². The number of para-hydroxylation sites is 1. The summed E-state index contributed by atoms with van der Waals surface area (Å²) in [6, 6.07) is 7.39. The Labute approximate surface area is 130 Å². The van der Waals surface area contributed by atoms with Crippen LogP contribution < -0.4 is 10.1 Å². The molecule has 1 N–H and O–H groups in total. The number of benzene rings is 1. The van der Waals surface area contributed by atoms with Crippen LogP contribution in [-0.2, 0) is 13.5 Å². The van der Waals surface area contributed by atoms with Gasteiger partial charge in [0, 0.05) is 18.3 Å². The van der Waals surface area contributed by atoms with E-state index in [0.29, 0.717) is 17.9 Å². The number of aryl methyl sites for hydroxylation is 1. The molecule has 3 rings (SSSR count). The summed E-state index contributed by atoms with van der Waals surface area (Å²) >= 11 is 0. The number of hydrogen-bond acceptors (Lipinski definition) is 3. The Hall–Kier alpha value is -2.30. The van der Waals surface area contributed by atoms with Crippen molar-refractivity contribution in [3.8, 4) is 5.75 Å². The Bertz CT molecular complexity index is 678. The van der Waals surface area contributed by atoms with Gasteiger partial charge in [-0.3, -0.25) is 9.48 Å². The maximum absolute atomic E-state index is 12.6. The second-order valence-electron chi connectivity index (χ2n) is 5.52. The first-order valence-corrected chi connectivity index (χ1v) is 7.74. The zero-order valence-corrected chi connectivity index (χ0v) is 13.0. The molecule has 116 valence electrons. The molecule has 1 aliphatic rings. The zero-order chi connectivity index (χ0) is 15.5. The van der Waals surface area contributed by atoms with E-state index >= 15 is 0 Å². The first kappa shape index (κ1) is 14.6. The quantitative estimate of drug-likeness (QED) is 0.944. The van der Waals surface area contributed by atoms with Gasteiger partial charge in [-0.25, -0.2) is 0 Å². The van der Waals surface area contributed by atoms with Crippen LogP contribution >= 0.6 is 0 Å². The second kappa shape index (κ2) is 6.22. The summed E-state index contributed by atoms with van der Waals surface area (Å²) in [6.07, 6.45) is 4.90. The second-order valence-corrected chi connectivity index (χ2v) is 5.52. The van der Waals surface area contributed by atoms with Crippen LogP contribution in [0.2, 0.25) is 0 Å². The van der Waals surface area contributed by atoms with Crippen LogP contribution in [0.4, 0.5) is 0 Å². The summed E-state index contributed by atoms with van der Waals surface area (Å²) in [5, 5.41) is 7.45. The molecule has 1 atom stereocenters. The van der Waals surface area contributed by atoms with Crippen molar-refractivity contribution >= 4 is 5.91 Å². The molecule has 1 heterocycles. The number of nitrogens with zero attached hydrogens (tertiary/aromatic N) is 2. The van der Waals surface area contributed by atoms with Crippen LogP contribution in [0.5, 0.6) is 5.75 Å². The molecule has 0 radical (unpaired) electrons. The molecule has 1 aromatic carbocycles. The molecule has 0 spiro atoms. The molecule has 5 nitrogen and oxygen atoms in total. The van der Waals surface area contributed by atoms with Crippen molar-refractivity contribution in [1.82, 2.24) is 15.1 Å². The highest BCUT2D eigenvalue weighted by Gasteiger charge is 2.25. The Morgan fingerprint density at radius 2 is 2.27 bits per heavy atom. The number of ether oxygens (including phenoxy) is 1. The highest BCUT2D eigenvalue weighted by atomic mass is 16.5. The van der Waals surface area contributed by atoms with Crippen molar-refractivity contribution in [3.05, 3.63) is 47.3 Å². The maximum atomic E-state index is 12.6. The number of aromatic nitrogens is 2. The molecule has 0 aliphatic heterocycles. The lowest BCUT2D eigenvalue weighted by Crippen LogP contribution is -2.31. The minimum absolute atomic E-state index is 0.0274. The van der Waals surface area contributed by atoms with E-state index in [1.165, 1.54) is 5.69 Å². The fraction of sp³-hybridized carbons (Fsp3) is 0.412. The van der Waals surface area contributed by atoms with Crippen molar-refractivity contribution in [2.45, 2.75) is 32.2 Å². The van der Waals surface area contributed by atoms with E-state index in [1.807, 2.05) is 43.0 Å². The van der Waals surface area contributed by atoms with Crippen LogP contribution in [0.25, 0.3) is 0 Å². The van der Waals surface area contributed by atoms with Gasteiger partial charge >= 0.3 is 0 Å². The number of rotatable bonds is 4. The Morgan fingerprint density at radius 3 is 3.09 bits per heavy atom. The van der Waals surface area contributed by atoms with Crippen molar-refractivity contribution in [3.63, 3.8) is 0 Å². The molecular weight excluding hydrogens is 278 g/mol. The minimum Gasteiger partial charge on any atom is -0.493 e. The molecule has 0 fully saturated rings. The zero-order valence-electron chi connectivity index (χ0n) is 13.0. The molecule has 5 heteroatoms. The number of amides is 1. The summed E-state index contributed by atoms with van der Waals surface area (Å²) in [4.78, 5) is 12.6. The van der Waals surface area contributed by atoms with Gasteiger partial charge in [-0.05, 0) is 38.3 Å². The average Bonchev–Trinajstić information content (AvgIpc) is 2.91. The molecule has 0 bridgehead atoms. The van der Waals surface area contributed by atoms with Crippen LogP contribution in [0, 0.1) is 0 Å². The first-order valence-electron chi connectivity index (χ1n) is 7.74. The van der Waals surface area contributed by atoms with Gasteiger partial charge < -0.3 is 10.1 Å². The van der Waals surface area contributed by atoms with Crippen molar-refractivity contribution < 1.29 is 9.53 Å². The number of carbonyl (C=O) groups is 1. The molecule has 1 amide bonds. The van der Waals surface area contributed by atoms with Gasteiger partial charge in [0.2, 0.25) is 0 Å². The monoisotopic (exact) mass is 299 g/mol. The van der Waals surface area contributed by atoms with Gasteiger partial charge in [-0.1, -0.05) is 12.1 Å². The van der Waals surface area contributed by atoms with Gasteiger partial charge in [-0.15, -0.1) is 0 Å². The molecule has 1 aliphatic carbocycles. The Morgan fingerprint density at radius 1 is 1.45 bits per heavy atom. The van der Waals surface area contributed by atoms with Crippen molar-refractivity contribution in [2.75, 3.05) is 6.61 Å². The van der Waals surface area contributed by atoms with Gasteiger partial charge in [0.1, 0.15) is 5.75 Å².